The van der Waals surface area contributed by atoms with E-state index in [1.54, 1.807) is 6.20 Å². The Morgan fingerprint density at radius 3 is 2.54 bits per heavy atom. The standard InChI is InChI=1S/C10H12ClNSi/c1-5-8-10(11)9(6-7-12-8)13(2,3)4/h1,6-7H,2-4H3. The van der Waals surface area contributed by atoms with E-state index in [9.17, 15) is 0 Å². The monoisotopic (exact) mass is 209 g/mol. The number of terminal acetylenes is 1. The normalized spacial score (nSPS) is 11.0. The summed E-state index contributed by atoms with van der Waals surface area (Å²) in [5.41, 5.74) is 0.557. The van der Waals surface area contributed by atoms with Crippen LogP contribution >= 0.6 is 11.6 Å². The lowest BCUT2D eigenvalue weighted by Crippen LogP contribution is -2.38. The van der Waals surface area contributed by atoms with Crippen LogP contribution in [0.1, 0.15) is 5.69 Å². The summed E-state index contributed by atoms with van der Waals surface area (Å²) in [6, 6.07) is 1.97. The number of rotatable bonds is 1. The van der Waals surface area contributed by atoms with Crippen molar-refractivity contribution in [1.29, 1.82) is 0 Å². The van der Waals surface area contributed by atoms with Gasteiger partial charge in [-0.05, 0) is 17.2 Å². The first kappa shape index (κ1) is 10.3. The molecule has 0 saturated carbocycles. The van der Waals surface area contributed by atoms with Gasteiger partial charge in [0.25, 0.3) is 0 Å². The van der Waals surface area contributed by atoms with E-state index >= 15 is 0 Å². The molecule has 0 fully saturated rings. The van der Waals surface area contributed by atoms with Crippen LogP contribution in [0.25, 0.3) is 0 Å². The molecule has 68 valence electrons. The van der Waals surface area contributed by atoms with Crippen molar-refractivity contribution in [3.63, 3.8) is 0 Å². The largest absolute Gasteiger partial charge is 0.246 e. The van der Waals surface area contributed by atoms with Gasteiger partial charge in [0.15, 0.2) is 0 Å². The first-order valence-corrected chi connectivity index (χ1v) is 7.96. The molecule has 0 N–H and O–H groups in total. The smallest absolute Gasteiger partial charge is 0.131 e. The Balaban J connectivity index is 3.34. The molecule has 1 rings (SSSR count). The van der Waals surface area contributed by atoms with E-state index < -0.39 is 8.07 Å². The highest BCUT2D eigenvalue weighted by Crippen LogP contribution is 2.14. The molecular weight excluding hydrogens is 198 g/mol. The first-order valence-electron chi connectivity index (χ1n) is 4.08. The summed E-state index contributed by atoms with van der Waals surface area (Å²) in [6.45, 7) is 6.69. The van der Waals surface area contributed by atoms with E-state index in [2.05, 4.69) is 30.5 Å². The summed E-state index contributed by atoms with van der Waals surface area (Å²) in [5.74, 6) is 2.49. The summed E-state index contributed by atoms with van der Waals surface area (Å²) in [6.07, 6.45) is 7.01. The minimum Gasteiger partial charge on any atom is -0.246 e. The Bertz CT molecular complexity index is 360. The lowest BCUT2D eigenvalue weighted by molar-refractivity contribution is 1.30. The van der Waals surface area contributed by atoms with Crippen LogP contribution in [0.2, 0.25) is 24.7 Å². The Hall–Kier alpha value is -0.783. The van der Waals surface area contributed by atoms with Crippen molar-refractivity contribution in [2.24, 2.45) is 0 Å². The number of hydrogen-bond acceptors (Lipinski definition) is 1. The van der Waals surface area contributed by atoms with Gasteiger partial charge in [0, 0.05) is 6.20 Å². The van der Waals surface area contributed by atoms with Crippen LogP contribution < -0.4 is 5.19 Å². The minimum absolute atomic E-state index is 0.557. The molecule has 1 aromatic rings. The number of aromatic nitrogens is 1. The average Bonchev–Trinajstić information content (AvgIpc) is 2.02. The van der Waals surface area contributed by atoms with E-state index in [0.717, 1.165) is 0 Å². The minimum atomic E-state index is -1.39. The topological polar surface area (TPSA) is 12.9 Å². The summed E-state index contributed by atoms with van der Waals surface area (Å²) in [4.78, 5) is 4.03. The van der Waals surface area contributed by atoms with Crippen molar-refractivity contribution >= 4 is 24.9 Å². The van der Waals surface area contributed by atoms with E-state index in [-0.39, 0.29) is 0 Å². The van der Waals surface area contributed by atoms with Crippen molar-refractivity contribution in [2.75, 3.05) is 0 Å². The lowest BCUT2D eigenvalue weighted by Gasteiger charge is -2.18. The molecule has 0 atom stereocenters. The first-order chi connectivity index (χ1) is 5.96. The van der Waals surface area contributed by atoms with Gasteiger partial charge in [-0.3, -0.25) is 0 Å². The number of hydrogen-bond donors (Lipinski definition) is 0. The molecule has 0 radical (unpaired) electrons. The van der Waals surface area contributed by atoms with Crippen LogP contribution in [0.3, 0.4) is 0 Å². The third-order valence-electron chi connectivity index (χ3n) is 1.83. The number of nitrogens with zero attached hydrogens (tertiary/aromatic N) is 1. The highest BCUT2D eigenvalue weighted by Gasteiger charge is 2.20. The highest BCUT2D eigenvalue weighted by atomic mass is 35.5. The summed E-state index contributed by atoms with van der Waals surface area (Å²) < 4.78 is 0. The predicted molar refractivity (Wildman–Crippen MR) is 60.2 cm³/mol. The van der Waals surface area contributed by atoms with Crippen LogP contribution in [-0.2, 0) is 0 Å². The fourth-order valence-electron chi connectivity index (χ4n) is 1.12. The fourth-order valence-corrected chi connectivity index (χ4v) is 3.49. The lowest BCUT2D eigenvalue weighted by atomic mass is 10.3. The van der Waals surface area contributed by atoms with Crippen LogP contribution in [-0.4, -0.2) is 13.1 Å². The predicted octanol–water partition coefficient (Wildman–Crippen LogP) is 2.26. The molecule has 0 aliphatic carbocycles. The molecule has 0 amide bonds. The molecule has 0 unspecified atom stereocenters. The molecule has 0 aliphatic rings. The maximum absolute atomic E-state index is 6.12. The average molecular weight is 210 g/mol. The van der Waals surface area contributed by atoms with E-state index in [4.69, 9.17) is 18.0 Å². The third-order valence-corrected chi connectivity index (χ3v) is 4.41. The van der Waals surface area contributed by atoms with Gasteiger partial charge in [0.2, 0.25) is 0 Å². The maximum atomic E-state index is 6.12. The van der Waals surface area contributed by atoms with E-state index in [1.165, 1.54) is 5.19 Å². The van der Waals surface area contributed by atoms with Gasteiger partial charge in [-0.1, -0.05) is 31.2 Å². The zero-order valence-electron chi connectivity index (χ0n) is 8.06. The second kappa shape index (κ2) is 3.53. The molecule has 0 spiro atoms. The zero-order valence-corrected chi connectivity index (χ0v) is 9.81. The zero-order chi connectivity index (χ0) is 10.1. The fraction of sp³-hybridized carbons (Fsp3) is 0.300. The van der Waals surface area contributed by atoms with Crippen molar-refractivity contribution in [3.05, 3.63) is 23.0 Å². The Morgan fingerprint density at radius 2 is 2.08 bits per heavy atom. The quantitative estimate of drug-likeness (QED) is 0.511. The second-order valence-electron chi connectivity index (χ2n) is 3.92. The third kappa shape index (κ3) is 2.12. The second-order valence-corrected chi connectivity index (χ2v) is 9.33. The molecule has 13 heavy (non-hydrogen) atoms. The van der Waals surface area contributed by atoms with E-state index in [1.807, 2.05) is 6.07 Å². The number of pyridine rings is 1. The van der Waals surface area contributed by atoms with Gasteiger partial charge >= 0.3 is 0 Å². The molecule has 3 heteroatoms. The molecule has 0 bridgehead atoms. The molecule has 1 nitrogen and oxygen atoms in total. The molecular formula is C10H12ClNSi. The Morgan fingerprint density at radius 1 is 1.46 bits per heavy atom. The highest BCUT2D eigenvalue weighted by molar-refractivity contribution is 6.90. The van der Waals surface area contributed by atoms with Crippen molar-refractivity contribution < 1.29 is 0 Å². The molecule has 0 aromatic carbocycles. The van der Waals surface area contributed by atoms with Gasteiger partial charge in [0.05, 0.1) is 13.1 Å². The molecule has 1 heterocycles. The summed E-state index contributed by atoms with van der Waals surface area (Å²) in [5, 5.41) is 1.83. The Labute approximate surface area is 85.2 Å². The van der Waals surface area contributed by atoms with Gasteiger partial charge in [-0.15, -0.1) is 6.42 Å². The van der Waals surface area contributed by atoms with Crippen LogP contribution in [0.4, 0.5) is 0 Å². The molecule has 0 saturated heterocycles. The summed E-state index contributed by atoms with van der Waals surface area (Å²) >= 11 is 6.12. The van der Waals surface area contributed by atoms with Crippen LogP contribution in [0.5, 0.6) is 0 Å². The van der Waals surface area contributed by atoms with Crippen molar-refractivity contribution in [1.82, 2.24) is 4.98 Å². The SMILES string of the molecule is C#Cc1nccc([Si](C)(C)C)c1Cl. The van der Waals surface area contributed by atoms with Crippen LogP contribution in [0, 0.1) is 12.3 Å². The Kier molecular flexibility index (Phi) is 2.80. The van der Waals surface area contributed by atoms with E-state index in [0.29, 0.717) is 10.7 Å². The van der Waals surface area contributed by atoms with Gasteiger partial charge in [0.1, 0.15) is 5.69 Å². The van der Waals surface area contributed by atoms with Gasteiger partial charge in [-0.25, -0.2) is 4.98 Å². The van der Waals surface area contributed by atoms with Crippen molar-refractivity contribution in [3.8, 4) is 12.3 Å². The molecule has 0 aliphatic heterocycles. The number of halogens is 1. The molecule has 1 aromatic heterocycles. The van der Waals surface area contributed by atoms with Crippen LogP contribution in [0.15, 0.2) is 12.3 Å². The van der Waals surface area contributed by atoms with Gasteiger partial charge in [-0.2, -0.15) is 0 Å². The maximum Gasteiger partial charge on any atom is 0.131 e. The van der Waals surface area contributed by atoms with Crippen molar-refractivity contribution in [2.45, 2.75) is 19.6 Å². The van der Waals surface area contributed by atoms with Gasteiger partial charge < -0.3 is 0 Å². The summed E-state index contributed by atoms with van der Waals surface area (Å²) in [7, 11) is -1.39.